The average Bonchev–Trinajstić information content (AvgIpc) is 2.44. The number of nitrogens with one attached hydrogen (secondary N) is 2. The van der Waals surface area contributed by atoms with Crippen molar-refractivity contribution in [2.75, 3.05) is 13.1 Å². The van der Waals surface area contributed by atoms with E-state index in [2.05, 4.69) is 38.3 Å². The van der Waals surface area contributed by atoms with Crippen molar-refractivity contribution in [1.82, 2.24) is 10.6 Å². The van der Waals surface area contributed by atoms with Crippen molar-refractivity contribution < 1.29 is 4.79 Å². The van der Waals surface area contributed by atoms with Gasteiger partial charge in [-0.25, -0.2) is 0 Å². The van der Waals surface area contributed by atoms with Gasteiger partial charge in [-0.3, -0.25) is 4.79 Å². The summed E-state index contributed by atoms with van der Waals surface area (Å²) in [5.74, 6) is 0.111. The van der Waals surface area contributed by atoms with Crippen molar-refractivity contribution in [2.24, 2.45) is 10.8 Å². The molecule has 1 saturated heterocycles. The van der Waals surface area contributed by atoms with E-state index in [1.54, 1.807) is 0 Å². The maximum absolute atomic E-state index is 12.0. The fourth-order valence-electron chi connectivity index (χ4n) is 2.47. The number of carbonyl (C=O) groups excluding carboxylic acids is 1. The van der Waals surface area contributed by atoms with Crippen LogP contribution in [-0.4, -0.2) is 25.0 Å². The first-order valence-electron chi connectivity index (χ1n) is 5.98. The highest BCUT2D eigenvalue weighted by Gasteiger charge is 2.65. The van der Waals surface area contributed by atoms with Crippen LogP contribution < -0.4 is 10.6 Å². The summed E-state index contributed by atoms with van der Waals surface area (Å²) in [6, 6.07) is 0.302. The van der Waals surface area contributed by atoms with E-state index in [4.69, 9.17) is 0 Å². The van der Waals surface area contributed by atoms with Crippen LogP contribution in [0.1, 0.15) is 34.6 Å². The monoisotopic (exact) mass is 222 g/mol. The largest absolute Gasteiger partial charge is 0.348 e. The van der Waals surface area contributed by atoms with E-state index in [1.807, 2.05) is 6.92 Å². The summed E-state index contributed by atoms with van der Waals surface area (Å²) in [4.78, 5) is 12.0. The summed E-state index contributed by atoms with van der Waals surface area (Å²) in [6.07, 6.45) is 0. The lowest BCUT2D eigenvalue weighted by molar-refractivity contribution is -0.117. The van der Waals surface area contributed by atoms with Gasteiger partial charge in [0.2, 0.25) is 5.91 Å². The molecule has 0 spiro atoms. The van der Waals surface area contributed by atoms with Gasteiger partial charge >= 0.3 is 0 Å². The molecule has 0 atom stereocenters. The summed E-state index contributed by atoms with van der Waals surface area (Å²) in [5, 5.41) is 6.32. The second kappa shape index (κ2) is 3.33. The summed E-state index contributed by atoms with van der Waals surface area (Å²) in [5.41, 5.74) is 2.57. The Kier molecular flexibility index (Phi) is 2.42. The van der Waals surface area contributed by atoms with Crippen LogP contribution in [0.5, 0.6) is 0 Å². The Balaban J connectivity index is 2.00. The van der Waals surface area contributed by atoms with Crippen molar-refractivity contribution >= 4 is 5.91 Å². The van der Waals surface area contributed by atoms with E-state index in [-0.39, 0.29) is 16.7 Å². The van der Waals surface area contributed by atoms with Crippen LogP contribution in [0.25, 0.3) is 0 Å². The molecule has 1 aliphatic carbocycles. The Morgan fingerprint density at radius 2 is 1.75 bits per heavy atom. The van der Waals surface area contributed by atoms with Crippen LogP contribution in [0.15, 0.2) is 11.1 Å². The molecule has 0 aromatic rings. The molecule has 90 valence electrons. The minimum Gasteiger partial charge on any atom is -0.348 e. The summed E-state index contributed by atoms with van der Waals surface area (Å²) in [7, 11) is 0. The molecule has 0 unspecified atom stereocenters. The van der Waals surface area contributed by atoms with E-state index in [0.717, 1.165) is 18.7 Å². The second-order valence-corrected chi connectivity index (χ2v) is 6.18. The Hall–Kier alpha value is -0.830. The molecule has 0 aromatic heterocycles. The molecule has 0 aromatic carbocycles. The van der Waals surface area contributed by atoms with Crippen LogP contribution in [0, 0.1) is 10.8 Å². The van der Waals surface area contributed by atoms with Crippen molar-refractivity contribution in [3.8, 4) is 0 Å². The fourth-order valence-corrected chi connectivity index (χ4v) is 2.47. The molecule has 0 radical (unpaired) electrons. The standard InChI is InChI=1S/C13H22N2O/c1-8(9-6-14-7-9)10(16)15-11-12(2,3)13(11,4)5/h11,14H,6-7H2,1-5H3,(H,15,16). The van der Waals surface area contributed by atoms with Crippen molar-refractivity contribution in [2.45, 2.75) is 40.7 Å². The highest BCUT2D eigenvalue weighted by Crippen LogP contribution is 2.62. The Morgan fingerprint density at radius 1 is 1.25 bits per heavy atom. The van der Waals surface area contributed by atoms with Crippen LogP contribution in [0.3, 0.4) is 0 Å². The molecular formula is C13H22N2O. The van der Waals surface area contributed by atoms with Gasteiger partial charge in [0.15, 0.2) is 0 Å². The van der Waals surface area contributed by atoms with Crippen LogP contribution in [-0.2, 0) is 4.79 Å². The van der Waals surface area contributed by atoms with Gasteiger partial charge in [-0.2, -0.15) is 0 Å². The lowest BCUT2D eigenvalue weighted by atomic mass is 10.0. The highest BCUT2D eigenvalue weighted by atomic mass is 16.1. The van der Waals surface area contributed by atoms with Gasteiger partial charge in [0.1, 0.15) is 0 Å². The Labute approximate surface area is 97.7 Å². The third kappa shape index (κ3) is 1.49. The zero-order chi connectivity index (χ0) is 12.1. The molecular weight excluding hydrogens is 200 g/mol. The van der Waals surface area contributed by atoms with E-state index in [0.29, 0.717) is 6.04 Å². The third-order valence-electron chi connectivity index (χ3n) is 4.84. The maximum atomic E-state index is 12.0. The van der Waals surface area contributed by atoms with Crippen molar-refractivity contribution in [3.63, 3.8) is 0 Å². The van der Waals surface area contributed by atoms with Gasteiger partial charge in [-0.05, 0) is 23.3 Å². The summed E-state index contributed by atoms with van der Waals surface area (Å²) < 4.78 is 0. The van der Waals surface area contributed by atoms with Gasteiger partial charge in [0, 0.05) is 24.7 Å². The molecule has 2 aliphatic rings. The third-order valence-corrected chi connectivity index (χ3v) is 4.84. The zero-order valence-electron chi connectivity index (χ0n) is 10.9. The molecule has 0 bridgehead atoms. The number of carbonyl (C=O) groups is 1. The molecule has 16 heavy (non-hydrogen) atoms. The van der Waals surface area contributed by atoms with E-state index >= 15 is 0 Å². The normalized spacial score (nSPS) is 25.9. The van der Waals surface area contributed by atoms with Crippen LogP contribution in [0.4, 0.5) is 0 Å². The number of amides is 1. The maximum Gasteiger partial charge on any atom is 0.247 e. The first kappa shape index (κ1) is 11.6. The van der Waals surface area contributed by atoms with E-state index in [1.165, 1.54) is 5.57 Å². The number of hydrogen-bond acceptors (Lipinski definition) is 2. The lowest BCUT2D eigenvalue weighted by Crippen LogP contribution is -2.38. The molecule has 1 aliphatic heterocycles. The minimum atomic E-state index is 0.111. The SMILES string of the molecule is CC(C(=O)NC1C(C)(C)C1(C)C)=C1CNC1. The number of hydrogen-bond donors (Lipinski definition) is 2. The molecule has 2 fully saturated rings. The fraction of sp³-hybridized carbons (Fsp3) is 0.769. The first-order chi connectivity index (χ1) is 7.28. The minimum absolute atomic E-state index is 0.111. The first-order valence-corrected chi connectivity index (χ1v) is 5.98. The average molecular weight is 222 g/mol. The van der Waals surface area contributed by atoms with E-state index in [9.17, 15) is 4.79 Å². The number of rotatable bonds is 2. The molecule has 2 N–H and O–H groups in total. The van der Waals surface area contributed by atoms with Gasteiger partial charge in [-0.1, -0.05) is 27.7 Å². The van der Waals surface area contributed by atoms with Crippen LogP contribution >= 0.6 is 0 Å². The highest BCUT2D eigenvalue weighted by molar-refractivity contribution is 5.94. The molecule has 1 heterocycles. The molecule has 2 rings (SSSR count). The predicted molar refractivity (Wildman–Crippen MR) is 65.1 cm³/mol. The second-order valence-electron chi connectivity index (χ2n) is 6.18. The topological polar surface area (TPSA) is 41.1 Å². The molecule has 1 saturated carbocycles. The molecule has 3 heteroatoms. The smallest absolute Gasteiger partial charge is 0.247 e. The van der Waals surface area contributed by atoms with Gasteiger partial charge < -0.3 is 10.6 Å². The Morgan fingerprint density at radius 3 is 2.06 bits per heavy atom. The van der Waals surface area contributed by atoms with Gasteiger partial charge in [0.05, 0.1) is 0 Å². The van der Waals surface area contributed by atoms with Gasteiger partial charge in [0.25, 0.3) is 0 Å². The quantitative estimate of drug-likeness (QED) is 0.694. The van der Waals surface area contributed by atoms with Crippen molar-refractivity contribution in [3.05, 3.63) is 11.1 Å². The molecule has 3 nitrogen and oxygen atoms in total. The Bertz CT molecular complexity index is 346. The van der Waals surface area contributed by atoms with Crippen LogP contribution in [0.2, 0.25) is 0 Å². The van der Waals surface area contributed by atoms with Crippen molar-refractivity contribution in [1.29, 1.82) is 0 Å². The van der Waals surface area contributed by atoms with Gasteiger partial charge in [-0.15, -0.1) is 0 Å². The predicted octanol–water partition coefficient (Wildman–Crippen LogP) is 1.46. The zero-order valence-corrected chi connectivity index (χ0v) is 10.9. The summed E-state index contributed by atoms with van der Waals surface area (Å²) in [6.45, 7) is 12.5. The van der Waals surface area contributed by atoms with E-state index < -0.39 is 0 Å². The lowest BCUT2D eigenvalue weighted by Gasteiger charge is -2.21. The molecule has 1 amide bonds. The summed E-state index contributed by atoms with van der Waals surface area (Å²) >= 11 is 0.